The minimum Gasteiger partial charge on any atom is -0.383 e. The molecule has 2 bridgehead atoms. The molecule has 3 aliphatic rings. The zero-order valence-corrected chi connectivity index (χ0v) is 22.4. The van der Waals surface area contributed by atoms with E-state index in [-0.39, 0.29) is 35.7 Å². The Balaban J connectivity index is 1.15. The van der Waals surface area contributed by atoms with E-state index in [0.29, 0.717) is 11.7 Å². The molecule has 11 nitrogen and oxygen atoms in total. The number of nitrogens with two attached hydrogens (primary N) is 2. The Bertz CT molecular complexity index is 1760. The zero-order chi connectivity index (χ0) is 27.7. The lowest BCUT2D eigenvalue weighted by Gasteiger charge is -2.39. The van der Waals surface area contributed by atoms with Crippen molar-refractivity contribution in [3.8, 4) is 22.4 Å². The Morgan fingerprint density at radius 2 is 1.66 bits per heavy atom. The van der Waals surface area contributed by atoms with Crippen LogP contribution in [0.5, 0.6) is 0 Å². The van der Waals surface area contributed by atoms with Gasteiger partial charge in [0.1, 0.15) is 5.82 Å². The number of nitrogens with one attached hydrogen (secondary N) is 1. The first kappa shape index (κ1) is 24.0. The molecule has 5 N–H and O–H groups in total. The summed E-state index contributed by atoms with van der Waals surface area (Å²) in [6, 6.07) is 14.5. The second-order valence-electron chi connectivity index (χ2n) is 11.5. The van der Waals surface area contributed by atoms with Crippen LogP contribution in [0.3, 0.4) is 0 Å². The van der Waals surface area contributed by atoms with Crippen LogP contribution in [0.1, 0.15) is 72.2 Å². The second-order valence-corrected chi connectivity index (χ2v) is 11.5. The lowest BCUT2D eigenvalue weighted by molar-refractivity contribution is 0.0557. The third kappa shape index (κ3) is 3.94. The molecule has 206 valence electrons. The number of piperidine rings is 1. The molecule has 4 aromatic heterocycles. The van der Waals surface area contributed by atoms with E-state index in [1.54, 1.807) is 4.52 Å². The minimum absolute atomic E-state index is 0.114. The van der Waals surface area contributed by atoms with Crippen LogP contribution in [0.25, 0.3) is 28.0 Å². The molecular formula is C30H30N10O. The summed E-state index contributed by atoms with van der Waals surface area (Å²) < 4.78 is 1.79. The van der Waals surface area contributed by atoms with E-state index in [2.05, 4.69) is 38.5 Å². The molecule has 2 saturated heterocycles. The van der Waals surface area contributed by atoms with E-state index >= 15 is 0 Å². The van der Waals surface area contributed by atoms with Crippen molar-refractivity contribution in [2.75, 3.05) is 11.5 Å². The Hall–Kier alpha value is -4.80. The highest BCUT2D eigenvalue weighted by atomic mass is 16.2. The number of aromatic nitrogens is 7. The number of aromatic amines is 1. The molecule has 2 aliphatic heterocycles. The average Bonchev–Trinajstić information content (AvgIpc) is 3.49. The van der Waals surface area contributed by atoms with Gasteiger partial charge in [0.05, 0.1) is 17.6 Å². The molecule has 0 spiro atoms. The van der Waals surface area contributed by atoms with Crippen LogP contribution in [0.2, 0.25) is 0 Å². The Morgan fingerprint density at radius 1 is 0.878 bits per heavy atom. The van der Waals surface area contributed by atoms with E-state index in [0.717, 1.165) is 77.8 Å². The van der Waals surface area contributed by atoms with Gasteiger partial charge in [-0.05, 0) is 50.5 Å². The number of nitrogen functional groups attached to an aromatic ring is 2. The summed E-state index contributed by atoms with van der Waals surface area (Å²) >= 11 is 0. The van der Waals surface area contributed by atoms with Crippen molar-refractivity contribution < 1.29 is 4.79 Å². The van der Waals surface area contributed by atoms with Gasteiger partial charge in [-0.15, -0.1) is 10.2 Å². The van der Waals surface area contributed by atoms with Gasteiger partial charge in [0, 0.05) is 46.5 Å². The van der Waals surface area contributed by atoms with Crippen LogP contribution in [-0.4, -0.2) is 57.7 Å². The monoisotopic (exact) mass is 546 g/mol. The molecule has 41 heavy (non-hydrogen) atoms. The summed E-state index contributed by atoms with van der Waals surface area (Å²) in [5.41, 5.74) is 19.3. The SMILES string of the molecule is Nc1nnc(C(=O)N2[C@@H]3CC[C@H]2C[C@@H](c2nc4c(-c5ccc(-c6ccccc6)nc5)cnn4c(N)c2C2CC2)C3)[nH]1. The minimum atomic E-state index is -0.130. The van der Waals surface area contributed by atoms with Gasteiger partial charge < -0.3 is 21.4 Å². The first-order valence-corrected chi connectivity index (χ1v) is 14.2. The predicted octanol–water partition coefficient (Wildman–Crippen LogP) is 4.17. The summed E-state index contributed by atoms with van der Waals surface area (Å²) in [6.07, 6.45) is 9.55. The van der Waals surface area contributed by atoms with Crippen molar-refractivity contribution in [1.29, 1.82) is 0 Å². The number of hydrogen-bond donors (Lipinski definition) is 3. The molecule has 6 heterocycles. The van der Waals surface area contributed by atoms with Crippen molar-refractivity contribution in [2.45, 2.75) is 62.4 Å². The molecule has 1 aromatic carbocycles. The number of H-pyrrole nitrogens is 1. The van der Waals surface area contributed by atoms with Gasteiger partial charge in [-0.2, -0.15) is 9.61 Å². The summed E-state index contributed by atoms with van der Waals surface area (Å²) in [6.45, 7) is 0. The number of pyridine rings is 1. The average molecular weight is 547 g/mol. The lowest BCUT2D eigenvalue weighted by Crippen LogP contribution is -2.46. The molecule has 3 atom stereocenters. The highest BCUT2D eigenvalue weighted by Gasteiger charge is 2.46. The van der Waals surface area contributed by atoms with Crippen LogP contribution < -0.4 is 11.5 Å². The molecule has 3 fully saturated rings. The third-order valence-corrected chi connectivity index (χ3v) is 8.94. The molecule has 11 heteroatoms. The number of hydrogen-bond acceptors (Lipinski definition) is 8. The number of nitrogens with zero attached hydrogens (tertiary/aromatic N) is 7. The first-order valence-electron chi connectivity index (χ1n) is 14.2. The molecule has 8 rings (SSSR count). The van der Waals surface area contributed by atoms with Gasteiger partial charge in [0.15, 0.2) is 5.65 Å². The fourth-order valence-electron chi connectivity index (χ4n) is 6.91. The number of fused-ring (bicyclic) bond motifs is 3. The molecule has 0 unspecified atom stereocenters. The highest BCUT2D eigenvalue weighted by molar-refractivity contribution is 5.91. The molecule has 1 aliphatic carbocycles. The van der Waals surface area contributed by atoms with Gasteiger partial charge in [-0.3, -0.25) is 9.78 Å². The van der Waals surface area contributed by atoms with E-state index in [1.165, 1.54) is 0 Å². The quantitative estimate of drug-likeness (QED) is 0.296. The smallest absolute Gasteiger partial charge is 0.292 e. The van der Waals surface area contributed by atoms with Crippen LogP contribution >= 0.6 is 0 Å². The molecule has 1 saturated carbocycles. The maximum Gasteiger partial charge on any atom is 0.292 e. The Morgan fingerprint density at radius 3 is 2.32 bits per heavy atom. The number of carbonyl (C=O) groups excluding carboxylic acids is 1. The van der Waals surface area contributed by atoms with E-state index in [9.17, 15) is 4.79 Å². The fraction of sp³-hybridized carbons (Fsp3) is 0.333. The summed E-state index contributed by atoms with van der Waals surface area (Å²) in [7, 11) is 0. The summed E-state index contributed by atoms with van der Waals surface area (Å²) in [5.74, 6) is 1.53. The van der Waals surface area contributed by atoms with Gasteiger partial charge in [-0.25, -0.2) is 4.98 Å². The normalized spacial score (nSPS) is 22.0. The van der Waals surface area contributed by atoms with Crippen molar-refractivity contribution in [2.24, 2.45) is 0 Å². The number of amides is 1. The van der Waals surface area contributed by atoms with Crippen LogP contribution in [0, 0.1) is 0 Å². The second kappa shape index (κ2) is 9.12. The first-order chi connectivity index (χ1) is 20.0. The van der Waals surface area contributed by atoms with Crippen LogP contribution in [0.15, 0.2) is 54.9 Å². The standard InChI is InChI=1S/C30H30N10O/c31-26-24(17-6-7-17)25(19-12-20-9-10-21(13-19)39(20)29(41)27-36-30(32)38-37-27)35-28-22(15-34-40(26)28)18-8-11-23(33-14-18)16-4-2-1-3-5-16/h1-5,8,11,14-15,17,19-21H,6-7,9-10,12-13,31H2,(H3,32,36,37,38)/t19-,20+,21-. The van der Waals surface area contributed by atoms with Crippen molar-refractivity contribution in [3.05, 3.63) is 71.9 Å². The topological polar surface area (TPSA) is 157 Å². The zero-order valence-electron chi connectivity index (χ0n) is 22.4. The number of carbonyl (C=O) groups is 1. The molecule has 0 radical (unpaired) electrons. The van der Waals surface area contributed by atoms with E-state index < -0.39 is 0 Å². The van der Waals surface area contributed by atoms with Crippen LogP contribution in [0.4, 0.5) is 11.8 Å². The van der Waals surface area contributed by atoms with Gasteiger partial charge >= 0.3 is 0 Å². The summed E-state index contributed by atoms with van der Waals surface area (Å²) in [4.78, 5) is 28.1. The molecule has 5 aromatic rings. The number of rotatable bonds is 5. The van der Waals surface area contributed by atoms with Gasteiger partial charge in [0.25, 0.3) is 5.91 Å². The maximum atomic E-state index is 13.3. The third-order valence-electron chi connectivity index (χ3n) is 8.94. The number of anilines is 2. The van der Waals surface area contributed by atoms with Gasteiger partial charge in [0.2, 0.25) is 11.8 Å². The maximum absolute atomic E-state index is 13.3. The Labute approximate surface area is 236 Å². The summed E-state index contributed by atoms with van der Waals surface area (Å²) in [5, 5.41) is 12.4. The van der Waals surface area contributed by atoms with Crippen molar-refractivity contribution in [3.63, 3.8) is 0 Å². The molecule has 1 amide bonds. The van der Waals surface area contributed by atoms with Gasteiger partial charge in [-0.1, -0.05) is 36.4 Å². The Kier molecular flexibility index (Phi) is 5.34. The van der Waals surface area contributed by atoms with Crippen molar-refractivity contribution in [1.82, 2.24) is 39.7 Å². The van der Waals surface area contributed by atoms with Crippen LogP contribution in [-0.2, 0) is 0 Å². The largest absolute Gasteiger partial charge is 0.383 e. The fourth-order valence-corrected chi connectivity index (χ4v) is 6.91. The van der Waals surface area contributed by atoms with E-state index in [1.807, 2.05) is 41.6 Å². The lowest BCUT2D eigenvalue weighted by atomic mass is 9.85. The predicted molar refractivity (Wildman–Crippen MR) is 154 cm³/mol. The molecular weight excluding hydrogens is 516 g/mol. The van der Waals surface area contributed by atoms with E-state index in [4.69, 9.17) is 21.4 Å². The highest BCUT2D eigenvalue weighted by Crippen LogP contribution is 2.50. The van der Waals surface area contributed by atoms with Crippen molar-refractivity contribution >= 4 is 23.3 Å². The number of benzene rings is 1.